The van der Waals surface area contributed by atoms with E-state index >= 15 is 0 Å². The van der Waals surface area contributed by atoms with Gasteiger partial charge in [-0.1, -0.05) is 12.1 Å². The number of rotatable bonds is 4. The molecule has 3 heterocycles. The number of fused-ring (bicyclic) bond motifs is 1. The number of alkyl halides is 3. The van der Waals surface area contributed by atoms with Gasteiger partial charge in [-0.05, 0) is 43.5 Å². The van der Waals surface area contributed by atoms with E-state index in [1.165, 1.54) is 16.8 Å². The summed E-state index contributed by atoms with van der Waals surface area (Å²) >= 11 is 0. The summed E-state index contributed by atoms with van der Waals surface area (Å²) in [5, 5.41) is 13.8. The van der Waals surface area contributed by atoms with Crippen LogP contribution in [-0.2, 0) is 6.18 Å². The fraction of sp³-hybridized carbons (Fsp3) is 0.304. The number of aromatic amines is 1. The lowest BCUT2D eigenvalue weighted by Gasteiger charge is -2.34. The van der Waals surface area contributed by atoms with Gasteiger partial charge in [0.15, 0.2) is 11.3 Å². The lowest BCUT2D eigenvalue weighted by Crippen LogP contribution is -2.28. The molecule has 1 aliphatic carbocycles. The fourth-order valence-corrected chi connectivity index (χ4v) is 4.32. The Morgan fingerprint density at radius 1 is 1.15 bits per heavy atom. The van der Waals surface area contributed by atoms with E-state index in [0.717, 1.165) is 25.0 Å². The van der Waals surface area contributed by atoms with Crippen LogP contribution in [0.15, 0.2) is 47.5 Å². The fourth-order valence-electron chi connectivity index (χ4n) is 4.32. The molecule has 0 radical (unpaired) electrons. The van der Waals surface area contributed by atoms with Gasteiger partial charge in [-0.25, -0.2) is 19.6 Å². The maximum atomic E-state index is 12.9. The Balaban J connectivity index is 1.57. The van der Waals surface area contributed by atoms with Crippen LogP contribution in [0.4, 0.5) is 13.2 Å². The Kier molecular flexibility index (Phi) is 5.16. The van der Waals surface area contributed by atoms with E-state index in [-0.39, 0.29) is 28.6 Å². The van der Waals surface area contributed by atoms with Gasteiger partial charge in [0.1, 0.15) is 23.1 Å². The van der Waals surface area contributed by atoms with E-state index in [0.29, 0.717) is 17.2 Å². The van der Waals surface area contributed by atoms with Crippen molar-refractivity contribution in [3.8, 4) is 6.07 Å². The number of nitrogens with zero attached hydrogens (tertiary/aromatic N) is 6. The van der Waals surface area contributed by atoms with Crippen LogP contribution in [0.2, 0.25) is 0 Å². The number of halogens is 3. The van der Waals surface area contributed by atoms with Gasteiger partial charge in [0.2, 0.25) is 0 Å². The molecule has 34 heavy (non-hydrogen) atoms. The number of benzene rings is 1. The van der Waals surface area contributed by atoms with Crippen LogP contribution in [0.1, 0.15) is 66.1 Å². The molecule has 0 unspecified atom stereocenters. The Hall–Kier alpha value is -4.07. The van der Waals surface area contributed by atoms with Crippen LogP contribution in [0.3, 0.4) is 0 Å². The van der Waals surface area contributed by atoms with Crippen molar-refractivity contribution in [1.29, 1.82) is 5.26 Å². The lowest BCUT2D eigenvalue weighted by molar-refractivity contribution is -0.137. The number of H-pyrrole nitrogens is 1. The smallest absolute Gasteiger partial charge is 0.310 e. The highest BCUT2D eigenvalue weighted by Gasteiger charge is 2.38. The Labute approximate surface area is 191 Å². The summed E-state index contributed by atoms with van der Waals surface area (Å²) < 4.78 is 40.3. The predicted molar refractivity (Wildman–Crippen MR) is 115 cm³/mol. The average Bonchev–Trinajstić information content (AvgIpc) is 3.17. The van der Waals surface area contributed by atoms with Crippen molar-refractivity contribution in [3.63, 3.8) is 0 Å². The van der Waals surface area contributed by atoms with Crippen molar-refractivity contribution in [3.05, 3.63) is 81.5 Å². The lowest BCUT2D eigenvalue weighted by atomic mass is 9.72. The SMILES string of the molecule is C[C@@H](c1ccc(C(F)(F)F)cc1)n1nc(C#N)c2c(=O)[nH]c([C@@H]3CC[C@H]3c3ncccn3)nc21. The van der Waals surface area contributed by atoms with Gasteiger partial charge < -0.3 is 4.98 Å². The second-order valence-electron chi connectivity index (χ2n) is 8.25. The minimum Gasteiger partial charge on any atom is -0.310 e. The molecule has 3 aromatic heterocycles. The molecule has 11 heteroatoms. The molecule has 0 bridgehead atoms. The van der Waals surface area contributed by atoms with Gasteiger partial charge in [0.05, 0.1) is 11.6 Å². The minimum absolute atomic E-state index is 0.000875. The molecular formula is C23H18F3N7O. The monoisotopic (exact) mass is 465 g/mol. The zero-order valence-electron chi connectivity index (χ0n) is 17.9. The number of aromatic nitrogens is 6. The molecule has 1 aliphatic rings. The molecular weight excluding hydrogens is 447 g/mol. The van der Waals surface area contributed by atoms with E-state index in [4.69, 9.17) is 0 Å². The van der Waals surface area contributed by atoms with E-state index < -0.39 is 23.3 Å². The molecule has 0 spiro atoms. The third kappa shape index (κ3) is 3.61. The average molecular weight is 465 g/mol. The maximum Gasteiger partial charge on any atom is 0.416 e. The topological polar surface area (TPSA) is 113 Å². The van der Waals surface area contributed by atoms with Crippen molar-refractivity contribution >= 4 is 11.0 Å². The highest BCUT2D eigenvalue weighted by atomic mass is 19.4. The Bertz CT molecular complexity index is 1450. The molecule has 1 fully saturated rings. The van der Waals surface area contributed by atoms with Crippen LogP contribution >= 0.6 is 0 Å². The van der Waals surface area contributed by atoms with Gasteiger partial charge >= 0.3 is 6.18 Å². The van der Waals surface area contributed by atoms with Crippen molar-refractivity contribution in [1.82, 2.24) is 29.7 Å². The minimum atomic E-state index is -4.44. The predicted octanol–water partition coefficient (Wildman–Crippen LogP) is 4.07. The molecule has 1 N–H and O–H groups in total. The molecule has 1 aromatic carbocycles. The quantitative estimate of drug-likeness (QED) is 0.486. The van der Waals surface area contributed by atoms with Crippen molar-refractivity contribution in [2.75, 3.05) is 0 Å². The standard InChI is InChI=1S/C23H18F3N7O/c1-12(13-3-5-14(6-4-13)23(24,25)26)33-21-18(17(11-27)32-33)22(34)31-20(30-21)16-8-7-15(16)19-28-9-2-10-29-19/h2-6,9-10,12,15-16H,7-8H2,1H3,(H,30,31,34)/t12-,15+,16+/m0/s1. The summed E-state index contributed by atoms with van der Waals surface area (Å²) in [6.45, 7) is 1.72. The number of hydrogen-bond acceptors (Lipinski definition) is 6. The third-order valence-corrected chi connectivity index (χ3v) is 6.32. The summed E-state index contributed by atoms with van der Waals surface area (Å²) in [6, 6.07) is 7.78. The summed E-state index contributed by atoms with van der Waals surface area (Å²) in [5.41, 5.74) is -0.595. The van der Waals surface area contributed by atoms with Crippen LogP contribution < -0.4 is 5.56 Å². The van der Waals surface area contributed by atoms with Crippen LogP contribution in [0.5, 0.6) is 0 Å². The molecule has 4 aromatic rings. The molecule has 1 saturated carbocycles. The first-order valence-corrected chi connectivity index (χ1v) is 10.6. The molecule has 8 nitrogen and oxygen atoms in total. The van der Waals surface area contributed by atoms with E-state index in [2.05, 4.69) is 25.0 Å². The van der Waals surface area contributed by atoms with Crippen molar-refractivity contribution in [2.24, 2.45) is 0 Å². The molecule has 0 amide bonds. The first kappa shape index (κ1) is 21.8. The van der Waals surface area contributed by atoms with Gasteiger partial charge in [0.25, 0.3) is 5.56 Å². The van der Waals surface area contributed by atoms with Crippen molar-refractivity contribution in [2.45, 2.75) is 43.8 Å². The first-order chi connectivity index (χ1) is 16.3. The molecule has 172 valence electrons. The summed E-state index contributed by atoms with van der Waals surface area (Å²) in [7, 11) is 0. The largest absolute Gasteiger partial charge is 0.416 e. The number of nitriles is 1. The zero-order valence-corrected chi connectivity index (χ0v) is 17.9. The Morgan fingerprint density at radius 2 is 1.82 bits per heavy atom. The van der Waals surface area contributed by atoms with Crippen molar-refractivity contribution < 1.29 is 13.2 Å². The summed E-state index contributed by atoms with van der Waals surface area (Å²) in [5.74, 6) is 1.02. The molecule has 0 saturated heterocycles. The second-order valence-corrected chi connectivity index (χ2v) is 8.25. The molecule has 0 aliphatic heterocycles. The van der Waals surface area contributed by atoms with Gasteiger partial charge in [0, 0.05) is 24.2 Å². The van der Waals surface area contributed by atoms with Crippen LogP contribution in [-0.4, -0.2) is 29.7 Å². The van der Waals surface area contributed by atoms with Gasteiger partial charge in [-0.3, -0.25) is 4.79 Å². The summed E-state index contributed by atoms with van der Waals surface area (Å²) in [6.07, 6.45) is 0.514. The van der Waals surface area contributed by atoms with Crippen LogP contribution in [0.25, 0.3) is 11.0 Å². The van der Waals surface area contributed by atoms with E-state index in [1.54, 1.807) is 25.4 Å². The third-order valence-electron chi connectivity index (χ3n) is 6.32. The number of hydrogen-bond donors (Lipinski definition) is 1. The zero-order chi connectivity index (χ0) is 24.0. The highest BCUT2D eigenvalue weighted by Crippen LogP contribution is 2.46. The normalized spacial score (nSPS) is 18.9. The molecule has 3 atom stereocenters. The van der Waals surface area contributed by atoms with Gasteiger partial charge in [-0.15, -0.1) is 0 Å². The molecule has 5 rings (SSSR count). The second kappa shape index (κ2) is 8.06. The Morgan fingerprint density at radius 3 is 2.41 bits per heavy atom. The van der Waals surface area contributed by atoms with E-state index in [9.17, 15) is 23.2 Å². The van der Waals surface area contributed by atoms with Gasteiger partial charge in [-0.2, -0.15) is 23.5 Å². The van der Waals surface area contributed by atoms with Crippen LogP contribution in [0, 0.1) is 11.3 Å². The number of nitrogens with one attached hydrogen (secondary N) is 1. The summed E-state index contributed by atoms with van der Waals surface area (Å²) in [4.78, 5) is 29.0. The van der Waals surface area contributed by atoms with E-state index in [1.807, 2.05) is 6.07 Å². The first-order valence-electron chi connectivity index (χ1n) is 10.6. The highest BCUT2D eigenvalue weighted by molar-refractivity contribution is 5.80. The maximum absolute atomic E-state index is 12.9.